The topological polar surface area (TPSA) is 32.8 Å². The van der Waals surface area contributed by atoms with Gasteiger partial charge in [-0.05, 0) is 0 Å². The summed E-state index contributed by atoms with van der Waals surface area (Å²) in [6.07, 6.45) is 3.03. The molecule has 4 heteroatoms. The second-order valence-corrected chi connectivity index (χ2v) is 3.08. The third-order valence-corrected chi connectivity index (χ3v) is 2.42. The van der Waals surface area contributed by atoms with Crippen LogP contribution in [0.25, 0.3) is 0 Å². The molecule has 0 amide bonds. The molecule has 0 aromatic carbocycles. The number of fused-ring (bicyclic) bond motifs is 1. The number of hydrogen-bond acceptors (Lipinski definition) is 4. The van der Waals surface area contributed by atoms with E-state index in [9.17, 15) is 4.79 Å². The van der Waals surface area contributed by atoms with E-state index >= 15 is 0 Å². The van der Waals surface area contributed by atoms with Crippen molar-refractivity contribution in [2.45, 2.75) is 6.17 Å². The Bertz CT molecular complexity index is 227. The van der Waals surface area contributed by atoms with Gasteiger partial charge in [-0.3, -0.25) is 4.79 Å². The Morgan fingerprint density at radius 1 is 1.75 bits per heavy atom. The molecule has 0 radical (unpaired) electrons. The normalized spacial score (nSPS) is 28.4. The molecule has 1 fully saturated rings. The van der Waals surface area contributed by atoms with E-state index in [1.54, 1.807) is 0 Å². The zero-order chi connectivity index (χ0) is 8.55. The molecule has 2 rings (SSSR count). The number of rotatable bonds is 1. The fraction of sp³-hybridized carbons (Fsp3) is 0.625. The van der Waals surface area contributed by atoms with Crippen LogP contribution in [0.15, 0.2) is 11.9 Å². The van der Waals surface area contributed by atoms with Crippen LogP contribution in [0, 0.1) is 0 Å². The second-order valence-electron chi connectivity index (χ2n) is 3.08. The predicted octanol–water partition coefficient (Wildman–Crippen LogP) is -0.370. The van der Waals surface area contributed by atoms with E-state index in [2.05, 4.69) is 4.90 Å². The molecule has 2 aliphatic rings. The fourth-order valence-electron chi connectivity index (χ4n) is 1.63. The Hall–Kier alpha value is -1.03. The third-order valence-electron chi connectivity index (χ3n) is 2.42. The number of allylic oxidation sites excluding steroid dienone is 1. The zero-order valence-electron chi connectivity index (χ0n) is 7.06. The van der Waals surface area contributed by atoms with Gasteiger partial charge in [0.05, 0.1) is 18.9 Å². The van der Waals surface area contributed by atoms with Crippen LogP contribution in [0.5, 0.6) is 0 Å². The molecule has 0 aliphatic carbocycles. The fourth-order valence-corrected chi connectivity index (χ4v) is 1.63. The molecule has 0 aromatic rings. The highest BCUT2D eigenvalue weighted by Crippen LogP contribution is 2.21. The maximum atomic E-state index is 10.6. The Kier molecular flexibility index (Phi) is 1.77. The molecule has 66 valence electrons. The molecule has 0 bridgehead atoms. The van der Waals surface area contributed by atoms with Crippen LogP contribution < -0.4 is 0 Å². The highest BCUT2D eigenvalue weighted by molar-refractivity contribution is 5.72. The molecule has 0 spiro atoms. The molecular formula is C8H12N2O2. The average Bonchev–Trinajstić information content (AvgIpc) is 2.44. The van der Waals surface area contributed by atoms with E-state index in [0.717, 1.165) is 25.1 Å². The molecule has 0 saturated carbocycles. The summed E-state index contributed by atoms with van der Waals surface area (Å²) < 4.78 is 5.31. The van der Waals surface area contributed by atoms with Gasteiger partial charge in [0.15, 0.2) is 6.29 Å². The summed E-state index contributed by atoms with van der Waals surface area (Å²) in [5.74, 6) is 0. The van der Waals surface area contributed by atoms with Crippen LogP contribution in [-0.4, -0.2) is 49.1 Å². The second kappa shape index (κ2) is 2.79. The summed E-state index contributed by atoms with van der Waals surface area (Å²) in [5, 5.41) is 0. The lowest BCUT2D eigenvalue weighted by molar-refractivity contribution is -0.106. The van der Waals surface area contributed by atoms with Gasteiger partial charge in [-0.25, -0.2) is 0 Å². The molecule has 2 heterocycles. The van der Waals surface area contributed by atoms with Crippen molar-refractivity contribution in [1.29, 1.82) is 0 Å². The number of morpholine rings is 1. The number of likely N-dealkylation sites (N-methyl/N-ethyl adjacent to an activating group) is 1. The van der Waals surface area contributed by atoms with Gasteiger partial charge in [0.1, 0.15) is 6.17 Å². The highest BCUT2D eigenvalue weighted by Gasteiger charge is 2.31. The summed E-state index contributed by atoms with van der Waals surface area (Å²) in [6.45, 7) is 2.32. The van der Waals surface area contributed by atoms with Crippen LogP contribution in [-0.2, 0) is 9.53 Å². The van der Waals surface area contributed by atoms with Crippen molar-refractivity contribution in [2.75, 3.05) is 26.8 Å². The lowest BCUT2D eigenvalue weighted by atomic mass is 10.4. The first-order valence-electron chi connectivity index (χ1n) is 4.06. The van der Waals surface area contributed by atoms with E-state index in [4.69, 9.17) is 4.74 Å². The number of ether oxygens (including phenoxy) is 1. The quantitative estimate of drug-likeness (QED) is 0.500. The van der Waals surface area contributed by atoms with Crippen LogP contribution in [0.3, 0.4) is 0 Å². The summed E-state index contributed by atoms with van der Waals surface area (Å²) in [6, 6.07) is 0. The van der Waals surface area contributed by atoms with Crippen molar-refractivity contribution in [2.24, 2.45) is 0 Å². The van der Waals surface area contributed by atoms with Crippen molar-refractivity contribution in [3.8, 4) is 0 Å². The minimum Gasteiger partial charge on any atom is -0.376 e. The standard InChI is InChI=1S/C8H12N2O2/c1-9-7(5-11)4-10-2-3-12-6-8(9)10/h4-5,8H,2-3,6H2,1H3. The smallest absolute Gasteiger partial charge is 0.167 e. The van der Waals surface area contributed by atoms with Gasteiger partial charge in [0, 0.05) is 19.8 Å². The molecule has 1 atom stereocenters. The minimum absolute atomic E-state index is 0.235. The first-order valence-corrected chi connectivity index (χ1v) is 4.06. The summed E-state index contributed by atoms with van der Waals surface area (Å²) >= 11 is 0. The SMILES string of the molecule is CN1C(C=O)=CN2CCOCC21. The average molecular weight is 168 g/mol. The predicted molar refractivity (Wildman–Crippen MR) is 43.2 cm³/mol. The summed E-state index contributed by atoms with van der Waals surface area (Å²) in [5.41, 5.74) is 0.741. The van der Waals surface area contributed by atoms with Gasteiger partial charge < -0.3 is 14.5 Å². The number of carbonyl (C=O) groups excluding carboxylic acids is 1. The van der Waals surface area contributed by atoms with E-state index in [0.29, 0.717) is 6.61 Å². The van der Waals surface area contributed by atoms with E-state index in [1.165, 1.54) is 0 Å². The number of nitrogens with zero attached hydrogens (tertiary/aromatic N) is 2. The molecular weight excluding hydrogens is 156 g/mol. The highest BCUT2D eigenvalue weighted by atomic mass is 16.5. The maximum Gasteiger partial charge on any atom is 0.167 e. The lowest BCUT2D eigenvalue weighted by Crippen LogP contribution is -2.46. The van der Waals surface area contributed by atoms with Crippen LogP contribution in [0.2, 0.25) is 0 Å². The van der Waals surface area contributed by atoms with Gasteiger partial charge in [-0.2, -0.15) is 0 Å². The van der Waals surface area contributed by atoms with Crippen molar-refractivity contribution < 1.29 is 9.53 Å². The van der Waals surface area contributed by atoms with E-state index in [-0.39, 0.29) is 6.17 Å². The Morgan fingerprint density at radius 2 is 2.58 bits per heavy atom. The lowest BCUT2D eigenvalue weighted by Gasteiger charge is -2.34. The Balaban J connectivity index is 2.16. The van der Waals surface area contributed by atoms with Gasteiger partial charge in [-0.1, -0.05) is 0 Å². The number of hydrogen-bond donors (Lipinski definition) is 0. The monoisotopic (exact) mass is 168 g/mol. The molecule has 1 unspecified atom stereocenters. The minimum atomic E-state index is 0.235. The summed E-state index contributed by atoms with van der Waals surface area (Å²) in [4.78, 5) is 14.7. The maximum absolute atomic E-state index is 10.6. The summed E-state index contributed by atoms with van der Waals surface area (Å²) in [7, 11) is 1.92. The first-order chi connectivity index (χ1) is 5.83. The molecule has 1 saturated heterocycles. The Labute approximate surface area is 71.4 Å². The molecule has 0 aromatic heterocycles. The largest absolute Gasteiger partial charge is 0.376 e. The number of aldehydes is 1. The van der Waals surface area contributed by atoms with Crippen molar-refractivity contribution in [3.05, 3.63) is 11.9 Å². The van der Waals surface area contributed by atoms with Gasteiger partial charge >= 0.3 is 0 Å². The van der Waals surface area contributed by atoms with Crippen LogP contribution >= 0.6 is 0 Å². The van der Waals surface area contributed by atoms with Crippen molar-refractivity contribution in [3.63, 3.8) is 0 Å². The van der Waals surface area contributed by atoms with Crippen molar-refractivity contribution >= 4 is 6.29 Å². The van der Waals surface area contributed by atoms with Gasteiger partial charge in [0.25, 0.3) is 0 Å². The van der Waals surface area contributed by atoms with Crippen LogP contribution in [0.4, 0.5) is 0 Å². The molecule has 12 heavy (non-hydrogen) atoms. The molecule has 0 N–H and O–H groups in total. The number of carbonyl (C=O) groups is 1. The van der Waals surface area contributed by atoms with Gasteiger partial charge in [0.2, 0.25) is 0 Å². The zero-order valence-corrected chi connectivity index (χ0v) is 7.06. The van der Waals surface area contributed by atoms with E-state index in [1.807, 2.05) is 18.1 Å². The molecule has 4 nitrogen and oxygen atoms in total. The Morgan fingerprint density at radius 3 is 3.25 bits per heavy atom. The van der Waals surface area contributed by atoms with Gasteiger partial charge in [-0.15, -0.1) is 0 Å². The first kappa shape index (κ1) is 7.61. The van der Waals surface area contributed by atoms with Crippen LogP contribution in [0.1, 0.15) is 0 Å². The third kappa shape index (κ3) is 0.992. The van der Waals surface area contributed by atoms with Crippen molar-refractivity contribution in [1.82, 2.24) is 9.80 Å². The molecule has 2 aliphatic heterocycles. The van der Waals surface area contributed by atoms with E-state index < -0.39 is 0 Å².